The van der Waals surface area contributed by atoms with Gasteiger partial charge in [0.25, 0.3) is 0 Å². The Bertz CT molecular complexity index is 958. The van der Waals surface area contributed by atoms with E-state index < -0.39 is 11.7 Å². The number of hydrogen-bond donors (Lipinski definition) is 0. The molecule has 2 aliphatic carbocycles. The molecule has 3 fully saturated rings. The Labute approximate surface area is 205 Å². The Morgan fingerprint density at radius 2 is 1.91 bits per heavy atom. The number of piperazine rings is 1. The number of anilines is 1. The summed E-state index contributed by atoms with van der Waals surface area (Å²) >= 11 is 0. The van der Waals surface area contributed by atoms with Gasteiger partial charge in [0.1, 0.15) is 6.10 Å². The van der Waals surface area contributed by atoms with E-state index in [-0.39, 0.29) is 41.7 Å². The quantitative estimate of drug-likeness (QED) is 0.395. The number of rotatable bonds is 3. The van der Waals surface area contributed by atoms with Crippen LogP contribution in [-0.4, -0.2) is 49.7 Å². The van der Waals surface area contributed by atoms with E-state index in [0.717, 1.165) is 32.0 Å². The van der Waals surface area contributed by atoms with Crippen LogP contribution in [0.2, 0.25) is 0 Å². The first kappa shape index (κ1) is 25.4. The lowest BCUT2D eigenvalue weighted by Gasteiger charge is -2.46. The third-order valence-corrected chi connectivity index (χ3v) is 8.55. The highest BCUT2D eigenvalue weighted by Gasteiger charge is 2.53. The van der Waals surface area contributed by atoms with Gasteiger partial charge in [-0.05, 0) is 62.6 Å². The highest BCUT2D eigenvalue weighted by atomic mass is 35.5. The molecule has 1 aromatic rings. The number of carbonyl (C=O) groups excluding carboxylic acids is 1. The number of carbonyl (C=O) groups is 1. The summed E-state index contributed by atoms with van der Waals surface area (Å²) in [6.07, 6.45) is 1.16. The van der Waals surface area contributed by atoms with Crippen LogP contribution in [0.3, 0.4) is 0 Å². The van der Waals surface area contributed by atoms with Crippen molar-refractivity contribution < 1.29 is 22.7 Å². The van der Waals surface area contributed by atoms with Crippen molar-refractivity contribution in [1.29, 1.82) is 0 Å². The van der Waals surface area contributed by atoms with Gasteiger partial charge in [-0.3, -0.25) is 9.69 Å². The van der Waals surface area contributed by atoms with Crippen LogP contribution in [0.4, 0.5) is 18.9 Å². The summed E-state index contributed by atoms with van der Waals surface area (Å²) in [7, 11) is 0. The SMILES string of the molecule is CC1=C2C[C@@H]3C(CN4CCN(c5cccc(C(F)(F)F)c5)CC4)C(=O)O[C@@H]3C[C@@]2(C)CCC1.Cl. The minimum absolute atomic E-state index is 0. The Hall–Kier alpha value is -1.73. The molecule has 0 aromatic heterocycles. The van der Waals surface area contributed by atoms with Crippen LogP contribution in [0.5, 0.6) is 0 Å². The maximum absolute atomic E-state index is 13.1. The minimum atomic E-state index is -4.33. The van der Waals surface area contributed by atoms with Crippen LogP contribution in [-0.2, 0) is 15.7 Å². The summed E-state index contributed by atoms with van der Waals surface area (Å²) in [5.41, 5.74) is 3.24. The van der Waals surface area contributed by atoms with Crippen LogP contribution in [0.15, 0.2) is 35.4 Å². The zero-order valence-corrected chi connectivity index (χ0v) is 20.7. The third kappa shape index (κ3) is 4.70. The van der Waals surface area contributed by atoms with Gasteiger partial charge >= 0.3 is 12.1 Å². The summed E-state index contributed by atoms with van der Waals surface area (Å²) in [6, 6.07) is 5.55. The molecule has 1 unspecified atom stereocenters. The summed E-state index contributed by atoms with van der Waals surface area (Å²) in [6.45, 7) is 8.05. The monoisotopic (exact) mass is 498 g/mol. The Morgan fingerprint density at radius 1 is 1.18 bits per heavy atom. The maximum Gasteiger partial charge on any atom is 0.416 e. The molecule has 8 heteroatoms. The van der Waals surface area contributed by atoms with Crippen molar-refractivity contribution >= 4 is 24.1 Å². The number of nitrogens with zero attached hydrogens (tertiary/aromatic N) is 2. The highest BCUT2D eigenvalue weighted by molar-refractivity contribution is 5.85. The van der Waals surface area contributed by atoms with Crippen LogP contribution >= 0.6 is 12.4 Å². The van der Waals surface area contributed by atoms with Gasteiger partial charge in [-0.1, -0.05) is 24.1 Å². The van der Waals surface area contributed by atoms with E-state index in [1.54, 1.807) is 11.6 Å². The van der Waals surface area contributed by atoms with Crippen molar-refractivity contribution in [3.8, 4) is 0 Å². The molecular formula is C26H34ClF3N2O2. The lowest BCUT2D eigenvalue weighted by molar-refractivity contribution is -0.145. The van der Waals surface area contributed by atoms with Crippen molar-refractivity contribution in [1.82, 2.24) is 4.90 Å². The van der Waals surface area contributed by atoms with Gasteiger partial charge < -0.3 is 9.64 Å². The molecular weight excluding hydrogens is 465 g/mol. The number of hydrogen-bond acceptors (Lipinski definition) is 4. The number of benzene rings is 1. The summed E-state index contributed by atoms with van der Waals surface area (Å²) < 4.78 is 45.1. The standard InChI is InChI=1S/C26H33F3N2O2.ClH/c1-17-5-4-8-25(2)15-23-20(14-22(17)25)21(24(32)33-23)16-30-9-11-31(12-10-30)19-7-3-6-18(13-19)26(27,28)29;/h3,6-7,13,20-21,23H,4-5,8-12,14-16H2,1-2H3;1H/t20-,21?,23-,25-;/m1./s1. The molecule has 0 bridgehead atoms. The molecule has 1 aromatic carbocycles. The zero-order valence-electron chi connectivity index (χ0n) is 19.9. The van der Waals surface area contributed by atoms with Crippen molar-refractivity contribution in [3.63, 3.8) is 0 Å². The van der Waals surface area contributed by atoms with E-state index in [0.29, 0.717) is 25.3 Å². The molecule has 188 valence electrons. The molecule has 2 saturated heterocycles. The fourth-order valence-electron chi connectivity index (χ4n) is 6.67. The van der Waals surface area contributed by atoms with Crippen molar-refractivity contribution in [2.75, 3.05) is 37.6 Å². The largest absolute Gasteiger partial charge is 0.462 e. The summed E-state index contributed by atoms with van der Waals surface area (Å²) in [4.78, 5) is 17.1. The fourth-order valence-corrected chi connectivity index (χ4v) is 6.67. The molecule has 2 aliphatic heterocycles. The summed E-state index contributed by atoms with van der Waals surface area (Å²) in [5, 5.41) is 0. The number of alkyl halides is 3. The highest BCUT2D eigenvalue weighted by Crippen LogP contribution is 2.55. The van der Waals surface area contributed by atoms with Crippen molar-refractivity contribution in [2.24, 2.45) is 17.3 Å². The lowest BCUT2D eigenvalue weighted by Crippen LogP contribution is -2.49. The number of ether oxygens (including phenoxy) is 1. The van der Waals surface area contributed by atoms with E-state index in [1.165, 1.54) is 37.0 Å². The van der Waals surface area contributed by atoms with Gasteiger partial charge in [-0.2, -0.15) is 13.2 Å². The first-order valence-electron chi connectivity index (χ1n) is 12.2. The molecule has 4 nitrogen and oxygen atoms in total. The van der Waals surface area contributed by atoms with Crippen LogP contribution in [0, 0.1) is 17.3 Å². The first-order chi connectivity index (χ1) is 15.6. The topological polar surface area (TPSA) is 32.8 Å². The first-order valence-corrected chi connectivity index (χ1v) is 12.2. The van der Waals surface area contributed by atoms with Crippen LogP contribution in [0.1, 0.15) is 51.5 Å². The number of allylic oxidation sites excluding steroid dienone is 2. The lowest BCUT2D eigenvalue weighted by atomic mass is 9.59. The van der Waals surface area contributed by atoms with Crippen LogP contribution in [0.25, 0.3) is 0 Å². The molecule has 1 saturated carbocycles. The number of halogens is 4. The Morgan fingerprint density at radius 3 is 2.62 bits per heavy atom. The van der Waals surface area contributed by atoms with E-state index in [2.05, 4.69) is 18.7 Å². The zero-order chi connectivity index (χ0) is 23.4. The van der Waals surface area contributed by atoms with Gasteiger partial charge in [0, 0.05) is 44.3 Å². The van der Waals surface area contributed by atoms with E-state index in [4.69, 9.17) is 4.74 Å². The smallest absolute Gasteiger partial charge is 0.416 e. The molecule has 0 N–H and O–H groups in total. The van der Waals surface area contributed by atoms with E-state index >= 15 is 0 Å². The average molecular weight is 499 g/mol. The minimum Gasteiger partial charge on any atom is -0.462 e. The second-order valence-electron chi connectivity index (χ2n) is 10.7. The molecule has 34 heavy (non-hydrogen) atoms. The predicted molar refractivity (Wildman–Crippen MR) is 128 cm³/mol. The van der Waals surface area contributed by atoms with Gasteiger partial charge in [-0.15, -0.1) is 12.4 Å². The van der Waals surface area contributed by atoms with E-state index in [1.807, 2.05) is 4.90 Å². The molecule has 2 heterocycles. The van der Waals surface area contributed by atoms with Crippen molar-refractivity contribution in [3.05, 3.63) is 41.0 Å². The molecule has 0 spiro atoms. The van der Waals surface area contributed by atoms with Gasteiger partial charge in [0.2, 0.25) is 0 Å². The fraction of sp³-hybridized carbons (Fsp3) is 0.654. The second-order valence-corrected chi connectivity index (χ2v) is 10.7. The average Bonchev–Trinajstić information content (AvgIpc) is 3.06. The molecule has 0 amide bonds. The predicted octanol–water partition coefficient (Wildman–Crippen LogP) is 5.71. The molecule has 5 rings (SSSR count). The van der Waals surface area contributed by atoms with Gasteiger partial charge in [0.05, 0.1) is 11.5 Å². The maximum atomic E-state index is 13.1. The van der Waals surface area contributed by atoms with Gasteiger partial charge in [0.15, 0.2) is 0 Å². The third-order valence-electron chi connectivity index (χ3n) is 8.55. The van der Waals surface area contributed by atoms with Crippen molar-refractivity contribution in [2.45, 2.75) is 58.2 Å². The molecule has 4 atom stereocenters. The van der Waals surface area contributed by atoms with Gasteiger partial charge in [-0.25, -0.2) is 0 Å². The normalized spacial score (nSPS) is 32.1. The molecule has 0 radical (unpaired) electrons. The van der Waals surface area contributed by atoms with E-state index in [9.17, 15) is 18.0 Å². The Kier molecular flexibility index (Phi) is 7.00. The Balaban J connectivity index is 0.00000274. The second kappa shape index (κ2) is 9.38. The molecule has 4 aliphatic rings. The number of fused-ring (bicyclic) bond motifs is 2. The summed E-state index contributed by atoms with van der Waals surface area (Å²) in [5.74, 6) is 0.0720. The van der Waals surface area contributed by atoms with Crippen LogP contribution < -0.4 is 4.90 Å². The number of esters is 1.